The van der Waals surface area contributed by atoms with E-state index in [0.717, 1.165) is 28.6 Å². The summed E-state index contributed by atoms with van der Waals surface area (Å²) >= 11 is 1.39. The first-order valence-electron chi connectivity index (χ1n) is 7.38. The second-order valence-electron chi connectivity index (χ2n) is 5.54. The zero-order valence-electron chi connectivity index (χ0n) is 13.6. The summed E-state index contributed by atoms with van der Waals surface area (Å²) in [5.41, 5.74) is 0.208. The molecule has 0 bridgehead atoms. The summed E-state index contributed by atoms with van der Waals surface area (Å²) in [7, 11) is 0. The van der Waals surface area contributed by atoms with Crippen molar-refractivity contribution >= 4 is 27.2 Å². The maximum Gasteiger partial charge on any atom is 0.311 e. The molecule has 2 heterocycles. The number of nitrogens with one attached hydrogen (secondary N) is 1. The highest BCUT2D eigenvalue weighted by Gasteiger charge is 2.21. The number of hydrogen-bond donors (Lipinski definition) is 1. The van der Waals surface area contributed by atoms with E-state index >= 15 is 0 Å². The van der Waals surface area contributed by atoms with E-state index in [1.807, 2.05) is 13.8 Å². The number of fused-ring (bicyclic) bond motifs is 1. The molecule has 1 aromatic carbocycles. The van der Waals surface area contributed by atoms with Gasteiger partial charge >= 0.3 is 5.69 Å². The van der Waals surface area contributed by atoms with Crippen LogP contribution in [0.2, 0.25) is 0 Å². The Bertz CT molecular complexity index is 1040. The molecule has 0 aliphatic heterocycles. The van der Waals surface area contributed by atoms with Gasteiger partial charge in [0.25, 0.3) is 5.56 Å². The lowest BCUT2D eigenvalue weighted by Gasteiger charge is -2.14. The number of hydrogen-bond acceptors (Lipinski definition) is 6. The van der Waals surface area contributed by atoms with Crippen molar-refractivity contribution in [2.24, 2.45) is 0 Å². The molecule has 0 aliphatic carbocycles. The van der Waals surface area contributed by atoms with Gasteiger partial charge in [0.05, 0.1) is 10.3 Å². The fourth-order valence-electron chi connectivity index (χ4n) is 2.44. The Morgan fingerprint density at radius 2 is 2.12 bits per heavy atom. The number of thiophene rings is 1. The highest BCUT2D eigenvalue weighted by molar-refractivity contribution is 7.18. The lowest BCUT2D eigenvalue weighted by atomic mass is 10.2. The largest absolute Gasteiger partial charge is 0.476 e. The Morgan fingerprint density at radius 3 is 2.80 bits per heavy atom. The number of H-pyrrole nitrogens is 1. The number of aromatic amines is 1. The Balaban J connectivity index is 2.01. The van der Waals surface area contributed by atoms with Crippen molar-refractivity contribution in [1.82, 2.24) is 9.97 Å². The van der Waals surface area contributed by atoms with E-state index < -0.39 is 16.8 Å². The Hall–Kier alpha value is -2.81. The summed E-state index contributed by atoms with van der Waals surface area (Å²) in [6.07, 6.45) is -0.805. The van der Waals surface area contributed by atoms with Crippen molar-refractivity contribution in [1.29, 1.82) is 0 Å². The summed E-state index contributed by atoms with van der Waals surface area (Å²) in [5.74, 6) is -0.662. The standard InChI is InChI=1S/C16H14FN3O4S/c1-7-9(3)25-16-13(7)15(21)18-14(19-16)8(2)24-12-6-10(17)4-5-11(12)20(22)23/h4-6,8H,1-3H3,(H,18,19,21)/t8-/m0/s1. The van der Waals surface area contributed by atoms with Crippen LogP contribution in [0.4, 0.5) is 10.1 Å². The predicted octanol–water partition coefficient (Wildman–Crippen LogP) is 3.79. The molecule has 0 aliphatic rings. The van der Waals surface area contributed by atoms with Gasteiger partial charge in [0.1, 0.15) is 10.6 Å². The lowest BCUT2D eigenvalue weighted by Crippen LogP contribution is -2.16. The fraction of sp³-hybridized carbons (Fsp3) is 0.250. The van der Waals surface area contributed by atoms with Gasteiger partial charge < -0.3 is 9.72 Å². The first kappa shape index (κ1) is 17.0. The van der Waals surface area contributed by atoms with Crippen LogP contribution in [0.25, 0.3) is 10.2 Å². The van der Waals surface area contributed by atoms with Crippen molar-refractivity contribution in [2.45, 2.75) is 26.9 Å². The van der Waals surface area contributed by atoms with Crippen LogP contribution in [-0.4, -0.2) is 14.9 Å². The molecule has 1 N–H and O–H groups in total. The molecule has 7 nitrogen and oxygen atoms in total. The average Bonchev–Trinajstić information content (AvgIpc) is 2.82. The minimum Gasteiger partial charge on any atom is -0.476 e. The van der Waals surface area contributed by atoms with E-state index in [0.29, 0.717) is 10.2 Å². The molecule has 3 aromatic rings. The van der Waals surface area contributed by atoms with Crippen LogP contribution in [0.5, 0.6) is 5.75 Å². The molecular formula is C16H14FN3O4S. The summed E-state index contributed by atoms with van der Waals surface area (Å²) in [6, 6.07) is 2.95. The van der Waals surface area contributed by atoms with E-state index in [1.54, 1.807) is 6.92 Å². The molecule has 2 aromatic heterocycles. The highest BCUT2D eigenvalue weighted by atomic mass is 32.1. The average molecular weight is 363 g/mol. The van der Waals surface area contributed by atoms with Gasteiger partial charge in [-0.05, 0) is 32.4 Å². The topological polar surface area (TPSA) is 98.1 Å². The number of benzene rings is 1. The van der Waals surface area contributed by atoms with Crippen molar-refractivity contribution in [3.05, 3.63) is 60.7 Å². The molecule has 0 saturated carbocycles. The van der Waals surface area contributed by atoms with E-state index in [1.165, 1.54) is 11.3 Å². The van der Waals surface area contributed by atoms with Crippen LogP contribution in [-0.2, 0) is 0 Å². The summed E-state index contributed by atoms with van der Waals surface area (Å²) in [6.45, 7) is 5.32. The second kappa shape index (κ2) is 6.25. The molecule has 0 saturated heterocycles. The van der Waals surface area contributed by atoms with Gasteiger partial charge in [-0.2, -0.15) is 0 Å². The smallest absolute Gasteiger partial charge is 0.311 e. The molecule has 1 atom stereocenters. The third-order valence-electron chi connectivity index (χ3n) is 3.86. The lowest BCUT2D eigenvalue weighted by molar-refractivity contribution is -0.386. The third-order valence-corrected chi connectivity index (χ3v) is 4.97. The minimum atomic E-state index is -0.805. The van der Waals surface area contributed by atoms with Crippen LogP contribution < -0.4 is 10.3 Å². The van der Waals surface area contributed by atoms with Crippen molar-refractivity contribution < 1.29 is 14.1 Å². The van der Waals surface area contributed by atoms with E-state index in [-0.39, 0.29) is 22.8 Å². The Labute approximate surface area is 145 Å². The number of nitro benzene ring substituents is 1. The number of halogens is 1. The molecule has 0 radical (unpaired) electrons. The van der Waals surface area contributed by atoms with E-state index in [9.17, 15) is 19.3 Å². The zero-order chi connectivity index (χ0) is 18.3. The van der Waals surface area contributed by atoms with Gasteiger partial charge in [0.2, 0.25) is 5.75 Å². The van der Waals surface area contributed by atoms with E-state index in [2.05, 4.69) is 9.97 Å². The van der Waals surface area contributed by atoms with Crippen LogP contribution >= 0.6 is 11.3 Å². The molecule has 25 heavy (non-hydrogen) atoms. The molecule has 0 unspecified atom stereocenters. The maximum absolute atomic E-state index is 13.4. The number of rotatable bonds is 4. The highest BCUT2D eigenvalue weighted by Crippen LogP contribution is 2.32. The molecule has 130 valence electrons. The Morgan fingerprint density at radius 1 is 1.40 bits per heavy atom. The summed E-state index contributed by atoms with van der Waals surface area (Å²) < 4.78 is 18.9. The SMILES string of the molecule is Cc1sc2nc([C@H](C)Oc3cc(F)ccc3[N+](=O)[O-])[nH]c(=O)c2c1C. The van der Waals surface area contributed by atoms with Crippen molar-refractivity contribution in [3.63, 3.8) is 0 Å². The fourth-order valence-corrected chi connectivity index (χ4v) is 3.48. The third kappa shape index (κ3) is 3.10. The molecule has 0 spiro atoms. The number of nitrogens with zero attached hydrogens (tertiary/aromatic N) is 2. The predicted molar refractivity (Wildman–Crippen MR) is 91.8 cm³/mol. The van der Waals surface area contributed by atoms with Crippen LogP contribution in [0.3, 0.4) is 0 Å². The maximum atomic E-state index is 13.4. The second-order valence-corrected chi connectivity index (χ2v) is 6.75. The number of aryl methyl sites for hydroxylation is 2. The number of aromatic nitrogens is 2. The van der Waals surface area contributed by atoms with Crippen molar-refractivity contribution in [3.8, 4) is 5.75 Å². The van der Waals surface area contributed by atoms with Crippen LogP contribution in [0.15, 0.2) is 23.0 Å². The zero-order valence-corrected chi connectivity index (χ0v) is 14.4. The molecule has 0 amide bonds. The minimum absolute atomic E-state index is 0.220. The molecule has 3 rings (SSSR count). The Kier molecular flexibility index (Phi) is 4.25. The van der Waals surface area contributed by atoms with Gasteiger partial charge in [-0.3, -0.25) is 14.9 Å². The van der Waals surface area contributed by atoms with Gasteiger partial charge in [0.15, 0.2) is 11.9 Å². The first-order valence-corrected chi connectivity index (χ1v) is 8.20. The summed E-state index contributed by atoms with van der Waals surface area (Å²) in [5, 5.41) is 11.6. The van der Waals surface area contributed by atoms with E-state index in [4.69, 9.17) is 4.74 Å². The molecule has 9 heteroatoms. The number of ether oxygens (including phenoxy) is 1. The number of nitro groups is 1. The van der Waals surface area contributed by atoms with Gasteiger partial charge in [-0.1, -0.05) is 0 Å². The monoisotopic (exact) mass is 363 g/mol. The van der Waals surface area contributed by atoms with Gasteiger partial charge in [0, 0.05) is 17.0 Å². The normalized spacial score (nSPS) is 12.3. The first-order chi connectivity index (χ1) is 11.8. The van der Waals surface area contributed by atoms with Gasteiger partial charge in [-0.25, -0.2) is 9.37 Å². The van der Waals surface area contributed by atoms with Crippen LogP contribution in [0, 0.1) is 29.8 Å². The van der Waals surface area contributed by atoms with Crippen LogP contribution in [0.1, 0.15) is 29.3 Å². The summed E-state index contributed by atoms with van der Waals surface area (Å²) in [4.78, 5) is 31.3. The van der Waals surface area contributed by atoms with Crippen molar-refractivity contribution in [2.75, 3.05) is 0 Å². The van der Waals surface area contributed by atoms with Gasteiger partial charge in [-0.15, -0.1) is 11.3 Å². The quantitative estimate of drug-likeness (QED) is 0.562. The molecule has 0 fully saturated rings. The molecular weight excluding hydrogens is 349 g/mol.